The molecular formula is C14H9FN2. The highest BCUT2D eigenvalue weighted by molar-refractivity contribution is 5.89. The maximum Gasteiger partial charge on any atom is 0.123 e. The van der Waals surface area contributed by atoms with E-state index < -0.39 is 0 Å². The van der Waals surface area contributed by atoms with E-state index >= 15 is 0 Å². The van der Waals surface area contributed by atoms with Gasteiger partial charge in [0.1, 0.15) is 5.82 Å². The average molecular weight is 224 g/mol. The summed E-state index contributed by atoms with van der Waals surface area (Å²) in [5, 5.41) is 9.08. The molecule has 0 saturated carbocycles. The molecule has 3 heteroatoms. The molecule has 1 aromatic carbocycles. The van der Waals surface area contributed by atoms with Crippen LogP contribution in [0.4, 0.5) is 4.39 Å². The smallest absolute Gasteiger partial charge is 0.123 e. The van der Waals surface area contributed by atoms with Crippen molar-refractivity contribution in [2.75, 3.05) is 0 Å². The fraction of sp³-hybridized carbons (Fsp3) is 0. The van der Waals surface area contributed by atoms with Crippen molar-refractivity contribution >= 4 is 11.6 Å². The van der Waals surface area contributed by atoms with Gasteiger partial charge in [-0.2, -0.15) is 5.26 Å². The number of allylic oxidation sites excluding steroid dienone is 1. The Morgan fingerprint density at radius 3 is 2.35 bits per heavy atom. The number of nitrogens with zero attached hydrogens (tertiary/aromatic N) is 2. The summed E-state index contributed by atoms with van der Waals surface area (Å²) in [5.74, 6) is -0.310. The van der Waals surface area contributed by atoms with Crippen LogP contribution in [0.25, 0.3) is 11.6 Å². The molecule has 0 saturated heterocycles. The largest absolute Gasteiger partial charge is 0.265 e. The molecule has 82 valence electrons. The maximum absolute atomic E-state index is 12.8. The van der Waals surface area contributed by atoms with Crippen LogP contribution in [0.2, 0.25) is 0 Å². The van der Waals surface area contributed by atoms with Gasteiger partial charge in [0.05, 0.1) is 11.6 Å². The Morgan fingerprint density at radius 2 is 1.76 bits per heavy atom. The van der Waals surface area contributed by atoms with Crippen LogP contribution in [0.3, 0.4) is 0 Å². The van der Waals surface area contributed by atoms with E-state index in [1.54, 1.807) is 42.7 Å². The van der Waals surface area contributed by atoms with E-state index in [0.29, 0.717) is 11.1 Å². The van der Waals surface area contributed by atoms with Crippen molar-refractivity contribution in [1.29, 1.82) is 5.26 Å². The van der Waals surface area contributed by atoms with Gasteiger partial charge in [0.25, 0.3) is 0 Å². The molecule has 0 unspecified atom stereocenters. The van der Waals surface area contributed by atoms with Crippen molar-refractivity contribution in [3.63, 3.8) is 0 Å². The molecule has 0 aliphatic heterocycles. The second-order valence-corrected chi connectivity index (χ2v) is 3.46. The Balaban J connectivity index is 2.38. The standard InChI is InChI=1S/C14H9FN2/c15-14-3-1-12(2-4-14)13(10-16)9-11-5-7-17-8-6-11/h1-9H/b13-9-. The average Bonchev–Trinajstić information content (AvgIpc) is 2.38. The van der Waals surface area contributed by atoms with Gasteiger partial charge >= 0.3 is 0 Å². The molecule has 0 aliphatic carbocycles. The molecule has 0 bridgehead atoms. The first-order chi connectivity index (χ1) is 8.29. The number of halogens is 1. The van der Waals surface area contributed by atoms with Crippen molar-refractivity contribution in [3.05, 3.63) is 65.7 Å². The van der Waals surface area contributed by atoms with E-state index in [0.717, 1.165) is 5.56 Å². The fourth-order valence-corrected chi connectivity index (χ4v) is 1.44. The lowest BCUT2D eigenvalue weighted by molar-refractivity contribution is 0.627. The molecule has 0 spiro atoms. The van der Waals surface area contributed by atoms with E-state index in [4.69, 9.17) is 5.26 Å². The van der Waals surface area contributed by atoms with Crippen LogP contribution in [0, 0.1) is 17.1 Å². The summed E-state index contributed by atoms with van der Waals surface area (Å²) in [6.45, 7) is 0. The summed E-state index contributed by atoms with van der Waals surface area (Å²) in [6, 6.07) is 11.6. The summed E-state index contributed by atoms with van der Waals surface area (Å²) < 4.78 is 12.8. The normalized spacial score (nSPS) is 10.9. The summed E-state index contributed by atoms with van der Waals surface area (Å²) >= 11 is 0. The van der Waals surface area contributed by atoms with Gasteiger partial charge in [-0.1, -0.05) is 12.1 Å². The van der Waals surface area contributed by atoms with Crippen molar-refractivity contribution in [2.45, 2.75) is 0 Å². The van der Waals surface area contributed by atoms with Gasteiger partial charge in [0, 0.05) is 12.4 Å². The third kappa shape index (κ3) is 2.76. The van der Waals surface area contributed by atoms with Gasteiger partial charge in [-0.25, -0.2) is 4.39 Å². The molecule has 0 fully saturated rings. The van der Waals surface area contributed by atoms with Gasteiger partial charge in [0.15, 0.2) is 0 Å². The molecule has 17 heavy (non-hydrogen) atoms. The highest BCUT2D eigenvalue weighted by Crippen LogP contribution is 2.17. The summed E-state index contributed by atoms with van der Waals surface area (Å²) in [7, 11) is 0. The van der Waals surface area contributed by atoms with Crippen LogP contribution in [0.5, 0.6) is 0 Å². The second-order valence-electron chi connectivity index (χ2n) is 3.46. The molecule has 0 amide bonds. The molecule has 0 radical (unpaired) electrons. The van der Waals surface area contributed by atoms with Crippen LogP contribution >= 0.6 is 0 Å². The quantitative estimate of drug-likeness (QED) is 0.734. The van der Waals surface area contributed by atoms with Gasteiger partial charge in [-0.05, 0) is 41.5 Å². The van der Waals surface area contributed by atoms with Crippen LogP contribution in [0.1, 0.15) is 11.1 Å². The number of hydrogen-bond donors (Lipinski definition) is 0. The topological polar surface area (TPSA) is 36.7 Å². The molecule has 2 nitrogen and oxygen atoms in total. The predicted octanol–water partition coefficient (Wildman–Crippen LogP) is 3.28. The van der Waals surface area contributed by atoms with Crippen LogP contribution in [0.15, 0.2) is 48.8 Å². The molecule has 2 rings (SSSR count). The second kappa shape index (κ2) is 5.04. The predicted molar refractivity (Wildman–Crippen MR) is 64.1 cm³/mol. The van der Waals surface area contributed by atoms with Crippen molar-refractivity contribution < 1.29 is 4.39 Å². The molecular weight excluding hydrogens is 215 g/mol. The molecule has 0 aliphatic rings. The number of aromatic nitrogens is 1. The first-order valence-electron chi connectivity index (χ1n) is 5.07. The zero-order chi connectivity index (χ0) is 12.1. The van der Waals surface area contributed by atoms with E-state index in [2.05, 4.69) is 11.1 Å². The summed E-state index contributed by atoms with van der Waals surface area (Å²) in [5.41, 5.74) is 2.09. The maximum atomic E-state index is 12.8. The fourth-order valence-electron chi connectivity index (χ4n) is 1.44. The lowest BCUT2D eigenvalue weighted by atomic mass is 10.0. The Bertz CT molecular complexity index is 565. The number of benzene rings is 1. The van der Waals surface area contributed by atoms with Gasteiger partial charge in [-0.15, -0.1) is 0 Å². The lowest BCUT2D eigenvalue weighted by Gasteiger charge is -1.99. The van der Waals surface area contributed by atoms with Gasteiger partial charge < -0.3 is 0 Å². The first-order valence-corrected chi connectivity index (χ1v) is 5.07. The van der Waals surface area contributed by atoms with Crippen molar-refractivity contribution in [3.8, 4) is 6.07 Å². The zero-order valence-corrected chi connectivity index (χ0v) is 8.97. The number of pyridine rings is 1. The van der Waals surface area contributed by atoms with Gasteiger partial charge in [-0.3, -0.25) is 4.98 Å². The Labute approximate surface area is 98.7 Å². The minimum absolute atomic E-state index is 0.310. The highest BCUT2D eigenvalue weighted by Gasteiger charge is 2.01. The zero-order valence-electron chi connectivity index (χ0n) is 8.97. The minimum atomic E-state index is -0.310. The monoisotopic (exact) mass is 224 g/mol. The highest BCUT2D eigenvalue weighted by atomic mass is 19.1. The molecule has 1 heterocycles. The van der Waals surface area contributed by atoms with Crippen molar-refractivity contribution in [2.24, 2.45) is 0 Å². The third-order valence-electron chi connectivity index (χ3n) is 2.29. The Kier molecular flexibility index (Phi) is 3.27. The lowest BCUT2D eigenvalue weighted by Crippen LogP contribution is -1.83. The third-order valence-corrected chi connectivity index (χ3v) is 2.29. The van der Waals surface area contributed by atoms with E-state index in [9.17, 15) is 4.39 Å². The van der Waals surface area contributed by atoms with E-state index in [1.165, 1.54) is 12.1 Å². The van der Waals surface area contributed by atoms with Crippen LogP contribution in [-0.4, -0.2) is 4.98 Å². The molecule has 0 atom stereocenters. The van der Waals surface area contributed by atoms with Crippen molar-refractivity contribution in [1.82, 2.24) is 4.98 Å². The number of hydrogen-bond acceptors (Lipinski definition) is 2. The Hall–Kier alpha value is -2.47. The number of rotatable bonds is 2. The summed E-state index contributed by atoms with van der Waals surface area (Å²) in [6.07, 6.45) is 5.06. The molecule has 0 N–H and O–H groups in total. The Morgan fingerprint density at radius 1 is 1.12 bits per heavy atom. The van der Waals surface area contributed by atoms with E-state index in [-0.39, 0.29) is 5.82 Å². The first kappa shape index (κ1) is 11.0. The summed E-state index contributed by atoms with van der Waals surface area (Å²) in [4.78, 5) is 3.90. The molecule has 1 aromatic heterocycles. The van der Waals surface area contributed by atoms with Crippen LogP contribution < -0.4 is 0 Å². The van der Waals surface area contributed by atoms with Crippen LogP contribution in [-0.2, 0) is 0 Å². The van der Waals surface area contributed by atoms with Gasteiger partial charge in [0.2, 0.25) is 0 Å². The number of nitriles is 1. The minimum Gasteiger partial charge on any atom is -0.265 e. The SMILES string of the molecule is N#C/C(=C/c1ccncc1)c1ccc(F)cc1. The molecule has 2 aromatic rings. The van der Waals surface area contributed by atoms with E-state index in [1.807, 2.05) is 0 Å².